The molecule has 2 amide bonds. The number of nitrogens with one attached hydrogen (secondary N) is 3. The van der Waals surface area contributed by atoms with Crippen molar-refractivity contribution in [2.75, 3.05) is 13.7 Å². The molecule has 2 aromatic rings. The molecule has 2 atom stereocenters. The van der Waals surface area contributed by atoms with Crippen LogP contribution in [0.5, 0.6) is 0 Å². The van der Waals surface area contributed by atoms with E-state index in [9.17, 15) is 9.59 Å². The number of hydrogen-bond acceptors (Lipinski definition) is 5. The highest BCUT2D eigenvalue weighted by Crippen LogP contribution is 2.28. The van der Waals surface area contributed by atoms with Gasteiger partial charge in [0.2, 0.25) is 5.91 Å². The van der Waals surface area contributed by atoms with Crippen molar-refractivity contribution in [2.24, 2.45) is 0 Å². The molecule has 0 aliphatic carbocycles. The first-order valence-electron chi connectivity index (χ1n) is 8.03. The van der Waals surface area contributed by atoms with Gasteiger partial charge in [-0.3, -0.25) is 14.7 Å². The van der Waals surface area contributed by atoms with Gasteiger partial charge in [-0.25, -0.2) is 0 Å². The minimum atomic E-state index is -0.881. The van der Waals surface area contributed by atoms with Crippen LogP contribution < -0.4 is 10.6 Å². The fraction of sp³-hybridized carbons (Fsp3) is 0.353. The average molecular weight is 379 g/mol. The largest absolute Gasteiger partial charge is 0.378 e. The number of H-pyrrole nitrogens is 1. The SMILES string of the molecule is COCc1cc(CNC(=O)[C@H]2OCC(=O)N[C@@H]2c2ccccc2Cl)[nH]n1. The molecule has 26 heavy (non-hydrogen) atoms. The van der Waals surface area contributed by atoms with Gasteiger partial charge in [-0.1, -0.05) is 29.8 Å². The zero-order valence-electron chi connectivity index (χ0n) is 14.1. The zero-order chi connectivity index (χ0) is 18.5. The topological polar surface area (TPSA) is 105 Å². The molecular weight excluding hydrogens is 360 g/mol. The summed E-state index contributed by atoms with van der Waals surface area (Å²) >= 11 is 6.22. The highest BCUT2D eigenvalue weighted by molar-refractivity contribution is 6.31. The van der Waals surface area contributed by atoms with Crippen molar-refractivity contribution in [1.29, 1.82) is 0 Å². The van der Waals surface area contributed by atoms with E-state index in [1.807, 2.05) is 0 Å². The van der Waals surface area contributed by atoms with Gasteiger partial charge in [0.25, 0.3) is 5.91 Å². The van der Waals surface area contributed by atoms with E-state index in [1.54, 1.807) is 37.4 Å². The fourth-order valence-electron chi connectivity index (χ4n) is 2.75. The van der Waals surface area contributed by atoms with Crippen LogP contribution >= 0.6 is 11.6 Å². The Bertz CT molecular complexity index is 795. The number of rotatable bonds is 6. The molecule has 0 bridgehead atoms. The molecule has 1 fully saturated rings. The summed E-state index contributed by atoms with van der Waals surface area (Å²) in [6, 6.07) is 8.18. The van der Waals surface area contributed by atoms with Gasteiger partial charge in [0.05, 0.1) is 30.6 Å². The summed E-state index contributed by atoms with van der Waals surface area (Å²) in [6.45, 7) is 0.455. The highest BCUT2D eigenvalue weighted by Gasteiger charge is 2.36. The number of aromatic nitrogens is 2. The lowest BCUT2D eigenvalue weighted by Gasteiger charge is -2.32. The van der Waals surface area contributed by atoms with Crippen molar-refractivity contribution < 1.29 is 19.1 Å². The summed E-state index contributed by atoms with van der Waals surface area (Å²) in [7, 11) is 1.58. The molecule has 0 unspecified atom stereocenters. The van der Waals surface area contributed by atoms with Gasteiger partial charge >= 0.3 is 0 Å². The Kier molecular flexibility index (Phi) is 5.87. The lowest BCUT2D eigenvalue weighted by molar-refractivity contribution is -0.148. The van der Waals surface area contributed by atoms with Gasteiger partial charge in [-0.2, -0.15) is 5.10 Å². The molecule has 1 saturated heterocycles. The van der Waals surface area contributed by atoms with Crippen LogP contribution in [-0.4, -0.2) is 41.8 Å². The molecule has 3 N–H and O–H groups in total. The number of methoxy groups -OCH3 is 1. The van der Waals surface area contributed by atoms with E-state index >= 15 is 0 Å². The number of morpholine rings is 1. The first-order chi connectivity index (χ1) is 12.6. The summed E-state index contributed by atoms with van der Waals surface area (Å²) in [4.78, 5) is 24.4. The van der Waals surface area contributed by atoms with E-state index in [4.69, 9.17) is 21.1 Å². The molecule has 2 heterocycles. The smallest absolute Gasteiger partial charge is 0.251 e. The number of nitrogens with zero attached hydrogens (tertiary/aromatic N) is 1. The van der Waals surface area contributed by atoms with Crippen LogP contribution in [0, 0.1) is 0 Å². The second-order valence-electron chi connectivity index (χ2n) is 5.83. The molecule has 1 aromatic heterocycles. The van der Waals surface area contributed by atoms with Gasteiger partial charge in [-0.15, -0.1) is 0 Å². The molecule has 1 aromatic carbocycles. The third-order valence-corrected chi connectivity index (χ3v) is 4.29. The van der Waals surface area contributed by atoms with E-state index in [0.29, 0.717) is 17.2 Å². The number of amides is 2. The number of aromatic amines is 1. The fourth-order valence-corrected chi connectivity index (χ4v) is 3.01. The standard InChI is InChI=1S/C17H19ClN4O4/c1-25-8-11-6-10(21-22-11)7-19-17(24)16-15(20-14(23)9-26-16)12-4-2-3-5-13(12)18/h2-6,15-16H,7-9H2,1H3,(H,19,24)(H,20,23)(H,21,22)/t15-,16+/m1/s1. The molecule has 0 spiro atoms. The Morgan fingerprint density at radius 1 is 1.46 bits per heavy atom. The van der Waals surface area contributed by atoms with Gasteiger partial charge < -0.3 is 20.1 Å². The number of carbonyl (C=O) groups excluding carboxylic acids is 2. The predicted molar refractivity (Wildman–Crippen MR) is 93.2 cm³/mol. The van der Waals surface area contributed by atoms with Crippen molar-refractivity contribution in [1.82, 2.24) is 20.8 Å². The van der Waals surface area contributed by atoms with E-state index < -0.39 is 12.1 Å². The summed E-state index contributed by atoms with van der Waals surface area (Å²) in [6.07, 6.45) is -0.881. The molecular formula is C17H19ClN4O4. The normalized spacial score (nSPS) is 19.8. The molecule has 138 valence electrons. The average Bonchev–Trinajstić information content (AvgIpc) is 3.08. The molecule has 1 aliphatic rings. The zero-order valence-corrected chi connectivity index (χ0v) is 14.9. The van der Waals surface area contributed by atoms with Crippen LogP contribution in [0.25, 0.3) is 0 Å². The van der Waals surface area contributed by atoms with Gasteiger partial charge in [0, 0.05) is 12.1 Å². The number of hydrogen-bond donors (Lipinski definition) is 3. The Morgan fingerprint density at radius 2 is 2.27 bits per heavy atom. The van der Waals surface area contributed by atoms with Crippen LogP contribution in [-0.2, 0) is 32.2 Å². The van der Waals surface area contributed by atoms with Crippen molar-refractivity contribution in [3.8, 4) is 0 Å². The monoisotopic (exact) mass is 378 g/mol. The lowest BCUT2D eigenvalue weighted by Crippen LogP contribution is -2.52. The van der Waals surface area contributed by atoms with E-state index in [1.165, 1.54) is 0 Å². The lowest BCUT2D eigenvalue weighted by atomic mass is 9.99. The number of carbonyl (C=O) groups is 2. The highest BCUT2D eigenvalue weighted by atomic mass is 35.5. The molecule has 0 saturated carbocycles. The van der Waals surface area contributed by atoms with Gasteiger partial charge in [0.1, 0.15) is 6.61 Å². The second-order valence-corrected chi connectivity index (χ2v) is 6.24. The maximum Gasteiger partial charge on any atom is 0.251 e. The second kappa shape index (κ2) is 8.31. The van der Waals surface area contributed by atoms with E-state index in [2.05, 4.69) is 20.8 Å². The maximum atomic E-state index is 12.6. The van der Waals surface area contributed by atoms with Crippen LogP contribution in [0.15, 0.2) is 30.3 Å². The number of halogens is 1. The Labute approximate surface area is 155 Å². The van der Waals surface area contributed by atoms with Crippen LogP contribution in [0.1, 0.15) is 23.0 Å². The Morgan fingerprint density at radius 3 is 3.04 bits per heavy atom. The summed E-state index contributed by atoms with van der Waals surface area (Å²) in [5.41, 5.74) is 2.11. The van der Waals surface area contributed by atoms with Crippen molar-refractivity contribution in [3.63, 3.8) is 0 Å². The first-order valence-corrected chi connectivity index (χ1v) is 8.41. The van der Waals surface area contributed by atoms with Gasteiger partial charge in [-0.05, 0) is 17.7 Å². The number of ether oxygens (including phenoxy) is 2. The van der Waals surface area contributed by atoms with Crippen molar-refractivity contribution in [3.05, 3.63) is 52.3 Å². The summed E-state index contributed by atoms with van der Waals surface area (Å²) < 4.78 is 10.5. The predicted octanol–water partition coefficient (Wildman–Crippen LogP) is 1.08. The quantitative estimate of drug-likeness (QED) is 0.697. The van der Waals surface area contributed by atoms with Crippen molar-refractivity contribution in [2.45, 2.75) is 25.3 Å². The first kappa shape index (κ1) is 18.4. The van der Waals surface area contributed by atoms with Crippen LogP contribution in [0.4, 0.5) is 0 Å². The summed E-state index contributed by atoms with van der Waals surface area (Å²) in [5.74, 6) is -0.644. The van der Waals surface area contributed by atoms with Gasteiger partial charge in [0.15, 0.2) is 6.10 Å². The minimum Gasteiger partial charge on any atom is -0.378 e. The molecule has 8 nitrogen and oxygen atoms in total. The van der Waals surface area contributed by atoms with Crippen LogP contribution in [0.3, 0.4) is 0 Å². The van der Waals surface area contributed by atoms with Crippen molar-refractivity contribution >= 4 is 23.4 Å². The molecule has 3 rings (SSSR count). The summed E-state index contributed by atoms with van der Waals surface area (Å²) in [5, 5.41) is 12.9. The van der Waals surface area contributed by atoms with E-state index in [0.717, 1.165) is 11.4 Å². The third kappa shape index (κ3) is 4.21. The van der Waals surface area contributed by atoms with Crippen LogP contribution in [0.2, 0.25) is 5.02 Å². The Balaban J connectivity index is 1.69. The number of benzene rings is 1. The molecule has 1 aliphatic heterocycles. The molecule has 9 heteroatoms. The minimum absolute atomic E-state index is 0.179. The van der Waals surface area contributed by atoms with E-state index in [-0.39, 0.29) is 25.0 Å². The molecule has 0 radical (unpaired) electrons. The Hall–Kier alpha value is -2.42. The third-order valence-electron chi connectivity index (χ3n) is 3.94. The maximum absolute atomic E-state index is 12.6.